The summed E-state index contributed by atoms with van der Waals surface area (Å²) < 4.78 is 9.30. The lowest BCUT2D eigenvalue weighted by Crippen LogP contribution is -2.04. The number of nitrogens with zero attached hydrogens (tertiary/aromatic N) is 6. The summed E-state index contributed by atoms with van der Waals surface area (Å²) in [5.41, 5.74) is 2.17. The van der Waals surface area contributed by atoms with Gasteiger partial charge in [0.15, 0.2) is 17.1 Å². The monoisotopic (exact) mass is 374 g/mol. The molecule has 0 aliphatic carbocycles. The molecule has 7 nitrogen and oxygen atoms in total. The van der Waals surface area contributed by atoms with Crippen LogP contribution in [0.25, 0.3) is 22.4 Å². The predicted molar refractivity (Wildman–Crippen MR) is 93.4 cm³/mol. The van der Waals surface area contributed by atoms with Gasteiger partial charge in [-0.3, -0.25) is 4.40 Å². The van der Waals surface area contributed by atoms with Crippen molar-refractivity contribution < 1.29 is 4.74 Å². The Morgan fingerprint density at radius 3 is 2.84 bits per heavy atom. The SMILES string of the molecule is Clc1ccc(-n2ncc3c2ncn2c([C@H]4CCCO4)nnc32)cc1Cl. The molecule has 25 heavy (non-hydrogen) atoms. The zero-order valence-electron chi connectivity index (χ0n) is 12.9. The van der Waals surface area contributed by atoms with Crippen LogP contribution in [0.4, 0.5) is 0 Å². The van der Waals surface area contributed by atoms with Crippen LogP contribution in [-0.4, -0.2) is 36.0 Å². The second-order valence-corrected chi connectivity index (χ2v) is 6.70. The number of halogens is 2. The summed E-state index contributed by atoms with van der Waals surface area (Å²) in [6, 6.07) is 5.33. The van der Waals surface area contributed by atoms with Gasteiger partial charge in [-0.15, -0.1) is 10.2 Å². The van der Waals surface area contributed by atoms with Crippen molar-refractivity contribution in [1.29, 1.82) is 0 Å². The highest BCUT2D eigenvalue weighted by Gasteiger charge is 2.24. The molecule has 0 bridgehead atoms. The summed E-state index contributed by atoms with van der Waals surface area (Å²) in [5, 5.41) is 14.8. The van der Waals surface area contributed by atoms with Gasteiger partial charge in [-0.25, -0.2) is 9.67 Å². The predicted octanol–water partition coefficient (Wildman–Crippen LogP) is 3.62. The fourth-order valence-corrected chi connectivity index (χ4v) is 3.44. The van der Waals surface area contributed by atoms with Crippen molar-refractivity contribution in [1.82, 2.24) is 29.4 Å². The first-order chi connectivity index (χ1) is 12.2. The lowest BCUT2D eigenvalue weighted by atomic mass is 10.2. The molecule has 1 aliphatic heterocycles. The number of benzene rings is 1. The van der Waals surface area contributed by atoms with Crippen molar-refractivity contribution in [2.45, 2.75) is 18.9 Å². The Labute approximate surface area is 152 Å². The third kappa shape index (κ3) is 2.31. The fraction of sp³-hybridized carbons (Fsp3) is 0.250. The maximum atomic E-state index is 6.12. The van der Waals surface area contributed by atoms with E-state index >= 15 is 0 Å². The Balaban J connectivity index is 1.68. The molecule has 9 heteroatoms. The normalized spacial score (nSPS) is 17.8. The van der Waals surface area contributed by atoms with E-state index in [4.69, 9.17) is 27.9 Å². The second kappa shape index (κ2) is 5.66. The summed E-state index contributed by atoms with van der Waals surface area (Å²) in [5.74, 6) is 0.782. The van der Waals surface area contributed by atoms with E-state index in [1.807, 2.05) is 10.5 Å². The van der Waals surface area contributed by atoms with Crippen molar-refractivity contribution in [3.8, 4) is 5.69 Å². The average Bonchev–Trinajstić information content (AvgIpc) is 3.34. The summed E-state index contributed by atoms with van der Waals surface area (Å²) in [6.07, 6.45) is 5.39. The minimum absolute atomic E-state index is 0.0284. The Morgan fingerprint density at radius 2 is 2.04 bits per heavy atom. The lowest BCUT2D eigenvalue weighted by Gasteiger charge is -2.07. The molecule has 1 saturated heterocycles. The summed E-state index contributed by atoms with van der Waals surface area (Å²) >= 11 is 12.1. The number of hydrogen-bond donors (Lipinski definition) is 0. The van der Waals surface area contributed by atoms with E-state index in [2.05, 4.69) is 20.3 Å². The maximum absolute atomic E-state index is 6.12. The van der Waals surface area contributed by atoms with Crippen LogP contribution in [0.1, 0.15) is 24.8 Å². The number of aromatic nitrogens is 6. The van der Waals surface area contributed by atoms with Crippen molar-refractivity contribution in [3.63, 3.8) is 0 Å². The van der Waals surface area contributed by atoms with Gasteiger partial charge in [-0.2, -0.15) is 5.10 Å². The van der Waals surface area contributed by atoms with E-state index in [9.17, 15) is 0 Å². The van der Waals surface area contributed by atoms with Crippen LogP contribution in [-0.2, 0) is 4.74 Å². The highest BCUT2D eigenvalue weighted by atomic mass is 35.5. The maximum Gasteiger partial charge on any atom is 0.174 e. The smallest absolute Gasteiger partial charge is 0.174 e. The number of fused-ring (bicyclic) bond motifs is 3. The van der Waals surface area contributed by atoms with Gasteiger partial charge in [0.05, 0.1) is 27.3 Å². The Bertz CT molecular complexity index is 1100. The van der Waals surface area contributed by atoms with Gasteiger partial charge in [-0.05, 0) is 31.0 Å². The quantitative estimate of drug-likeness (QED) is 0.535. The fourth-order valence-electron chi connectivity index (χ4n) is 3.14. The number of hydrogen-bond acceptors (Lipinski definition) is 5. The van der Waals surface area contributed by atoms with Gasteiger partial charge in [0.1, 0.15) is 12.4 Å². The molecule has 0 spiro atoms. The van der Waals surface area contributed by atoms with Crippen LogP contribution < -0.4 is 0 Å². The van der Waals surface area contributed by atoms with Crippen LogP contribution in [0.15, 0.2) is 30.7 Å². The molecule has 4 aromatic rings. The van der Waals surface area contributed by atoms with Gasteiger partial charge in [0.2, 0.25) is 0 Å². The van der Waals surface area contributed by atoms with E-state index in [1.165, 1.54) is 0 Å². The highest BCUT2D eigenvalue weighted by molar-refractivity contribution is 6.42. The minimum atomic E-state index is -0.0284. The van der Waals surface area contributed by atoms with Gasteiger partial charge >= 0.3 is 0 Å². The Kier molecular flexibility index (Phi) is 3.41. The van der Waals surface area contributed by atoms with E-state index < -0.39 is 0 Å². The van der Waals surface area contributed by atoms with Crippen LogP contribution in [0.5, 0.6) is 0 Å². The second-order valence-electron chi connectivity index (χ2n) is 5.89. The Morgan fingerprint density at radius 1 is 1.12 bits per heavy atom. The standard InChI is InChI=1S/C16H12Cl2N6O/c17-11-4-3-9(6-12(11)18)24-14-10(7-20-24)15-21-22-16(23(15)8-19-14)13-2-1-5-25-13/h3-4,6-8,13H,1-2,5H2/t13-/m1/s1. The molecule has 1 fully saturated rings. The van der Waals surface area contributed by atoms with Gasteiger partial charge < -0.3 is 4.74 Å². The Hall–Kier alpha value is -2.22. The molecule has 3 aromatic heterocycles. The zero-order valence-corrected chi connectivity index (χ0v) is 14.4. The van der Waals surface area contributed by atoms with Crippen LogP contribution >= 0.6 is 23.2 Å². The van der Waals surface area contributed by atoms with Crippen LogP contribution in [0, 0.1) is 0 Å². The third-order valence-corrected chi connectivity index (χ3v) is 5.11. The molecule has 1 aromatic carbocycles. The molecule has 126 valence electrons. The van der Waals surface area contributed by atoms with Gasteiger partial charge in [0.25, 0.3) is 0 Å². The summed E-state index contributed by atoms with van der Waals surface area (Å²) in [6.45, 7) is 0.754. The molecule has 1 aliphatic rings. The van der Waals surface area contributed by atoms with Gasteiger partial charge in [0, 0.05) is 6.61 Å². The van der Waals surface area contributed by atoms with Crippen molar-refractivity contribution in [2.24, 2.45) is 0 Å². The number of rotatable bonds is 2. The highest BCUT2D eigenvalue weighted by Crippen LogP contribution is 2.30. The first-order valence-electron chi connectivity index (χ1n) is 7.87. The van der Waals surface area contributed by atoms with Crippen molar-refractivity contribution >= 4 is 39.9 Å². The summed E-state index contributed by atoms with van der Waals surface area (Å²) in [4.78, 5) is 4.55. The van der Waals surface area contributed by atoms with E-state index in [0.717, 1.165) is 36.3 Å². The average molecular weight is 375 g/mol. The lowest BCUT2D eigenvalue weighted by molar-refractivity contribution is 0.104. The topological polar surface area (TPSA) is 70.1 Å². The van der Waals surface area contributed by atoms with Crippen molar-refractivity contribution in [2.75, 3.05) is 6.61 Å². The molecular weight excluding hydrogens is 363 g/mol. The molecule has 0 unspecified atom stereocenters. The molecule has 0 saturated carbocycles. The molecule has 0 radical (unpaired) electrons. The summed E-state index contributed by atoms with van der Waals surface area (Å²) in [7, 11) is 0. The molecule has 4 heterocycles. The third-order valence-electron chi connectivity index (χ3n) is 4.37. The first-order valence-corrected chi connectivity index (χ1v) is 8.62. The van der Waals surface area contributed by atoms with Crippen molar-refractivity contribution in [3.05, 3.63) is 46.6 Å². The molecule has 1 atom stereocenters. The number of ether oxygens (including phenoxy) is 1. The molecule has 0 N–H and O–H groups in total. The first kappa shape index (κ1) is 15.1. The molecular formula is C16H12Cl2N6O. The zero-order chi connectivity index (χ0) is 17.0. The largest absolute Gasteiger partial charge is 0.370 e. The van der Waals surface area contributed by atoms with E-state index in [1.54, 1.807) is 29.3 Å². The van der Waals surface area contributed by atoms with Gasteiger partial charge in [-0.1, -0.05) is 23.2 Å². The van der Waals surface area contributed by atoms with Crippen LogP contribution in [0.3, 0.4) is 0 Å². The van der Waals surface area contributed by atoms with E-state index in [0.29, 0.717) is 21.3 Å². The minimum Gasteiger partial charge on any atom is -0.370 e. The van der Waals surface area contributed by atoms with E-state index in [-0.39, 0.29) is 6.10 Å². The molecule has 5 rings (SSSR count). The van der Waals surface area contributed by atoms with Crippen LogP contribution in [0.2, 0.25) is 10.0 Å². The molecule has 0 amide bonds.